The lowest BCUT2D eigenvalue weighted by atomic mass is 10.3. The number of hydrogen-bond acceptors (Lipinski definition) is 4. The number of aryl methyl sites for hydroxylation is 1. The second kappa shape index (κ2) is 3.88. The van der Waals surface area contributed by atoms with Crippen LogP contribution in [-0.2, 0) is 9.84 Å². The average Bonchev–Trinajstić information content (AvgIpc) is 2.56. The molecule has 3 N–H and O–H groups in total. The number of benzene rings is 1. The van der Waals surface area contributed by atoms with Gasteiger partial charge in [-0.2, -0.15) is 0 Å². The highest BCUT2D eigenvalue weighted by Crippen LogP contribution is 2.18. The van der Waals surface area contributed by atoms with Gasteiger partial charge >= 0.3 is 0 Å². The fraction of sp³-hybridized carbons (Fsp3) is 0.300. The van der Waals surface area contributed by atoms with Crippen LogP contribution in [0.2, 0.25) is 0 Å². The molecule has 0 aliphatic rings. The van der Waals surface area contributed by atoms with E-state index in [0.717, 1.165) is 16.9 Å². The molecule has 0 aliphatic carbocycles. The van der Waals surface area contributed by atoms with Crippen molar-refractivity contribution in [2.75, 3.05) is 12.3 Å². The van der Waals surface area contributed by atoms with E-state index in [1.165, 1.54) is 0 Å². The van der Waals surface area contributed by atoms with Gasteiger partial charge in [0.15, 0.2) is 9.84 Å². The van der Waals surface area contributed by atoms with Crippen LogP contribution in [0.3, 0.4) is 0 Å². The van der Waals surface area contributed by atoms with Crippen molar-refractivity contribution in [1.82, 2.24) is 9.97 Å². The molecule has 6 heteroatoms. The minimum atomic E-state index is -3.27. The van der Waals surface area contributed by atoms with E-state index in [2.05, 4.69) is 9.97 Å². The van der Waals surface area contributed by atoms with E-state index in [0.29, 0.717) is 0 Å². The number of H-pyrrole nitrogens is 1. The van der Waals surface area contributed by atoms with Gasteiger partial charge in [0, 0.05) is 6.54 Å². The summed E-state index contributed by atoms with van der Waals surface area (Å²) in [4.78, 5) is 7.50. The lowest BCUT2D eigenvalue weighted by Crippen LogP contribution is -2.15. The summed E-state index contributed by atoms with van der Waals surface area (Å²) in [6.45, 7) is 1.95. The quantitative estimate of drug-likeness (QED) is 0.821. The highest BCUT2D eigenvalue weighted by atomic mass is 32.2. The number of sulfone groups is 1. The Balaban J connectivity index is 2.54. The number of fused-ring (bicyclic) bond motifs is 1. The Hall–Kier alpha value is -1.40. The van der Waals surface area contributed by atoms with Gasteiger partial charge in [-0.05, 0) is 25.1 Å². The van der Waals surface area contributed by atoms with Gasteiger partial charge in [0.25, 0.3) is 0 Å². The van der Waals surface area contributed by atoms with Crippen molar-refractivity contribution in [2.45, 2.75) is 11.8 Å². The summed E-state index contributed by atoms with van der Waals surface area (Å²) >= 11 is 0. The van der Waals surface area contributed by atoms with Crippen LogP contribution in [0.1, 0.15) is 5.82 Å². The van der Waals surface area contributed by atoms with Crippen molar-refractivity contribution in [3.05, 3.63) is 24.0 Å². The summed E-state index contributed by atoms with van der Waals surface area (Å²) in [5.74, 6) is 0.731. The van der Waals surface area contributed by atoms with Gasteiger partial charge < -0.3 is 10.7 Å². The smallest absolute Gasteiger partial charge is 0.179 e. The molecular formula is C10H13N3O2S. The SMILES string of the molecule is Cc1nc2ccc(S(=O)(=O)CCN)cc2[nH]1. The maximum atomic E-state index is 11.8. The number of nitrogens with zero attached hydrogens (tertiary/aromatic N) is 1. The number of aromatic amines is 1. The maximum Gasteiger partial charge on any atom is 0.179 e. The average molecular weight is 239 g/mol. The van der Waals surface area contributed by atoms with Gasteiger partial charge in [-0.1, -0.05) is 0 Å². The summed E-state index contributed by atoms with van der Waals surface area (Å²) in [6.07, 6.45) is 0. The summed E-state index contributed by atoms with van der Waals surface area (Å²) in [5.41, 5.74) is 6.77. The van der Waals surface area contributed by atoms with Gasteiger partial charge in [0.2, 0.25) is 0 Å². The molecule has 0 unspecified atom stereocenters. The van der Waals surface area contributed by atoms with Crippen LogP contribution in [0.25, 0.3) is 11.0 Å². The molecule has 0 radical (unpaired) electrons. The van der Waals surface area contributed by atoms with Crippen molar-refractivity contribution in [2.24, 2.45) is 5.73 Å². The second-order valence-corrected chi connectivity index (χ2v) is 5.72. The number of imidazole rings is 1. The second-order valence-electron chi connectivity index (χ2n) is 3.61. The number of nitrogens with one attached hydrogen (secondary N) is 1. The number of rotatable bonds is 3. The highest BCUT2D eigenvalue weighted by molar-refractivity contribution is 7.91. The third kappa shape index (κ3) is 1.94. The number of nitrogens with two attached hydrogens (primary N) is 1. The Labute approximate surface area is 93.6 Å². The first-order valence-corrected chi connectivity index (χ1v) is 6.57. The van der Waals surface area contributed by atoms with Gasteiger partial charge in [-0.3, -0.25) is 0 Å². The van der Waals surface area contributed by atoms with Crippen molar-refractivity contribution < 1.29 is 8.42 Å². The minimum Gasteiger partial charge on any atom is -0.342 e. The van der Waals surface area contributed by atoms with E-state index in [9.17, 15) is 8.42 Å². The molecule has 1 aromatic heterocycles. The fourth-order valence-electron chi connectivity index (χ4n) is 1.58. The topological polar surface area (TPSA) is 88.8 Å². The van der Waals surface area contributed by atoms with Crippen molar-refractivity contribution in [3.8, 4) is 0 Å². The van der Waals surface area contributed by atoms with Gasteiger partial charge in [0.1, 0.15) is 5.82 Å². The highest BCUT2D eigenvalue weighted by Gasteiger charge is 2.14. The van der Waals surface area contributed by atoms with Gasteiger partial charge in [0.05, 0.1) is 21.7 Å². The summed E-state index contributed by atoms with van der Waals surface area (Å²) in [6, 6.07) is 4.86. The molecule has 0 aliphatic heterocycles. The lowest BCUT2D eigenvalue weighted by molar-refractivity contribution is 0.596. The molecule has 86 valence electrons. The Morgan fingerprint density at radius 3 is 2.88 bits per heavy atom. The maximum absolute atomic E-state index is 11.8. The molecule has 1 aromatic carbocycles. The van der Waals surface area contributed by atoms with Crippen LogP contribution < -0.4 is 5.73 Å². The minimum absolute atomic E-state index is 0.0361. The van der Waals surface area contributed by atoms with E-state index in [-0.39, 0.29) is 17.2 Å². The molecule has 0 bridgehead atoms. The Morgan fingerprint density at radius 1 is 1.44 bits per heavy atom. The Morgan fingerprint density at radius 2 is 2.19 bits per heavy atom. The first-order chi connectivity index (χ1) is 7.53. The summed E-state index contributed by atoms with van der Waals surface area (Å²) in [5, 5.41) is 0. The van der Waals surface area contributed by atoms with Crippen LogP contribution in [0.4, 0.5) is 0 Å². The van der Waals surface area contributed by atoms with Crippen LogP contribution in [0.15, 0.2) is 23.1 Å². The van der Waals surface area contributed by atoms with Crippen LogP contribution in [-0.4, -0.2) is 30.7 Å². The normalized spacial score (nSPS) is 12.1. The Kier molecular flexibility index (Phi) is 2.69. The number of hydrogen-bond donors (Lipinski definition) is 2. The third-order valence-corrected chi connectivity index (χ3v) is 4.06. The molecular weight excluding hydrogens is 226 g/mol. The first-order valence-electron chi connectivity index (χ1n) is 4.92. The first kappa shape index (κ1) is 11.1. The molecule has 0 atom stereocenters. The molecule has 0 amide bonds. The molecule has 2 rings (SSSR count). The Bertz CT molecular complexity index is 616. The molecule has 0 fully saturated rings. The molecule has 2 aromatic rings. The van der Waals surface area contributed by atoms with E-state index in [4.69, 9.17) is 5.73 Å². The number of aromatic nitrogens is 2. The molecule has 0 saturated heterocycles. The fourth-order valence-corrected chi connectivity index (χ4v) is 2.70. The molecule has 0 saturated carbocycles. The molecule has 1 heterocycles. The standard InChI is InChI=1S/C10H13N3O2S/c1-7-12-9-3-2-8(6-10(9)13-7)16(14,15)5-4-11/h2-3,6H,4-5,11H2,1H3,(H,12,13). The van der Waals surface area contributed by atoms with Crippen molar-refractivity contribution >= 4 is 20.9 Å². The summed E-state index contributed by atoms with van der Waals surface area (Å²) in [7, 11) is -3.27. The molecule has 16 heavy (non-hydrogen) atoms. The van der Waals surface area contributed by atoms with E-state index >= 15 is 0 Å². The zero-order chi connectivity index (χ0) is 11.8. The van der Waals surface area contributed by atoms with Crippen LogP contribution in [0, 0.1) is 6.92 Å². The third-order valence-electron chi connectivity index (χ3n) is 2.32. The summed E-state index contributed by atoms with van der Waals surface area (Å²) < 4.78 is 23.5. The zero-order valence-electron chi connectivity index (χ0n) is 8.90. The zero-order valence-corrected chi connectivity index (χ0v) is 9.71. The largest absolute Gasteiger partial charge is 0.342 e. The predicted molar refractivity (Wildman–Crippen MR) is 61.9 cm³/mol. The van der Waals surface area contributed by atoms with Gasteiger partial charge in [-0.15, -0.1) is 0 Å². The predicted octanol–water partition coefficient (Wildman–Crippen LogP) is 0.604. The van der Waals surface area contributed by atoms with Crippen LogP contribution >= 0.6 is 0 Å². The van der Waals surface area contributed by atoms with Crippen LogP contribution in [0.5, 0.6) is 0 Å². The van der Waals surface area contributed by atoms with E-state index < -0.39 is 9.84 Å². The molecule has 5 nitrogen and oxygen atoms in total. The van der Waals surface area contributed by atoms with E-state index in [1.54, 1.807) is 18.2 Å². The van der Waals surface area contributed by atoms with Crippen molar-refractivity contribution in [1.29, 1.82) is 0 Å². The van der Waals surface area contributed by atoms with Crippen molar-refractivity contribution in [3.63, 3.8) is 0 Å². The monoisotopic (exact) mass is 239 g/mol. The van der Waals surface area contributed by atoms with E-state index in [1.807, 2.05) is 6.92 Å². The molecule has 0 spiro atoms. The lowest BCUT2D eigenvalue weighted by Gasteiger charge is -2.01. The van der Waals surface area contributed by atoms with Gasteiger partial charge in [-0.25, -0.2) is 13.4 Å².